The summed E-state index contributed by atoms with van der Waals surface area (Å²) in [6.45, 7) is 2.54. The van der Waals surface area contributed by atoms with Gasteiger partial charge in [0.25, 0.3) is 0 Å². The van der Waals surface area contributed by atoms with Crippen molar-refractivity contribution in [1.82, 2.24) is 9.97 Å². The van der Waals surface area contributed by atoms with E-state index < -0.39 is 0 Å². The van der Waals surface area contributed by atoms with Crippen LogP contribution >= 0.6 is 0 Å². The van der Waals surface area contributed by atoms with Gasteiger partial charge in [-0.2, -0.15) is 0 Å². The minimum atomic E-state index is -0.0692. The summed E-state index contributed by atoms with van der Waals surface area (Å²) in [6.07, 6.45) is 1.64. The van der Waals surface area contributed by atoms with Crippen LogP contribution in [0.4, 0.5) is 5.95 Å². The Morgan fingerprint density at radius 1 is 1.73 bits per heavy atom. The molecule has 1 aromatic rings. The topological polar surface area (TPSA) is 96.9 Å². The van der Waals surface area contributed by atoms with Gasteiger partial charge in [0.2, 0.25) is 5.95 Å². The minimum absolute atomic E-state index is 0.0692. The Balaban J connectivity index is 2.62. The third kappa shape index (κ3) is 3.51. The average Bonchev–Trinajstić information content (AvgIpc) is 2.26. The molecule has 0 aliphatic rings. The summed E-state index contributed by atoms with van der Waals surface area (Å²) in [5.41, 5.74) is 5.72. The summed E-state index contributed by atoms with van der Waals surface area (Å²) in [5.74, 6) is 0.381. The van der Waals surface area contributed by atoms with Crippen molar-refractivity contribution in [3.8, 4) is 0 Å². The molecule has 0 saturated carbocycles. The van der Waals surface area contributed by atoms with Crippen LogP contribution in [0.15, 0.2) is 12.3 Å². The summed E-state index contributed by atoms with van der Waals surface area (Å²) in [6, 6.07) is 1.59. The highest BCUT2D eigenvalue weighted by Gasteiger charge is 2.03. The van der Waals surface area contributed by atoms with E-state index in [1.165, 1.54) is 0 Å². The molecule has 0 aliphatic carbocycles. The van der Waals surface area contributed by atoms with Crippen LogP contribution in [0.2, 0.25) is 0 Å². The van der Waals surface area contributed by atoms with Gasteiger partial charge in [-0.1, -0.05) is 0 Å². The molecule has 1 aromatic heterocycles. The molecule has 0 saturated heterocycles. The number of nitrogens with two attached hydrogens (primary N) is 1. The van der Waals surface area contributed by atoms with Crippen molar-refractivity contribution in [2.75, 3.05) is 19.0 Å². The van der Waals surface area contributed by atoms with Crippen molar-refractivity contribution in [1.29, 1.82) is 5.41 Å². The molecular formula is C9H15N5O. The van der Waals surface area contributed by atoms with Crippen LogP contribution in [-0.4, -0.2) is 35.6 Å². The Morgan fingerprint density at radius 2 is 2.47 bits per heavy atom. The summed E-state index contributed by atoms with van der Waals surface area (Å²) < 4.78 is 5.06. The Morgan fingerprint density at radius 3 is 3.07 bits per heavy atom. The number of nitrogens with zero attached hydrogens (tertiary/aromatic N) is 2. The van der Waals surface area contributed by atoms with Crippen LogP contribution in [-0.2, 0) is 4.74 Å². The van der Waals surface area contributed by atoms with E-state index in [0.717, 1.165) is 0 Å². The second-order valence-electron chi connectivity index (χ2n) is 3.11. The highest BCUT2D eigenvalue weighted by molar-refractivity contribution is 5.93. The quantitative estimate of drug-likeness (QED) is 0.475. The summed E-state index contributed by atoms with van der Waals surface area (Å²) in [5, 5.41) is 10.2. The molecule has 1 heterocycles. The number of aromatic nitrogens is 2. The first-order valence-corrected chi connectivity index (χ1v) is 4.57. The molecule has 0 bridgehead atoms. The van der Waals surface area contributed by atoms with E-state index in [-0.39, 0.29) is 11.9 Å². The third-order valence-corrected chi connectivity index (χ3v) is 1.88. The largest absolute Gasteiger partial charge is 0.382 e. The Kier molecular flexibility index (Phi) is 3.99. The van der Waals surface area contributed by atoms with Crippen LogP contribution < -0.4 is 11.1 Å². The highest BCUT2D eigenvalue weighted by Crippen LogP contribution is 2.00. The van der Waals surface area contributed by atoms with E-state index >= 15 is 0 Å². The lowest BCUT2D eigenvalue weighted by atomic mass is 10.4. The highest BCUT2D eigenvalue weighted by atomic mass is 16.5. The number of methoxy groups -OCH3 is 1. The molecule has 1 atom stereocenters. The standard InChI is InChI=1S/C9H15N5O/c1-6(15-2)5-13-9-12-4-3-7(14-9)8(10)11/h3-4,6H,5H2,1-2H3,(H3,10,11)(H,12,13,14). The molecule has 1 unspecified atom stereocenters. The van der Waals surface area contributed by atoms with Crippen molar-refractivity contribution >= 4 is 11.8 Å². The first-order chi connectivity index (χ1) is 7.13. The molecule has 0 fully saturated rings. The van der Waals surface area contributed by atoms with Crippen LogP contribution in [0.3, 0.4) is 0 Å². The fraction of sp³-hybridized carbons (Fsp3) is 0.444. The molecule has 0 spiro atoms. The van der Waals surface area contributed by atoms with Crippen LogP contribution in [0.1, 0.15) is 12.6 Å². The summed E-state index contributed by atoms with van der Waals surface area (Å²) in [7, 11) is 1.64. The molecule has 1 rings (SSSR count). The van der Waals surface area contributed by atoms with Gasteiger partial charge in [-0.25, -0.2) is 9.97 Å². The van der Waals surface area contributed by atoms with Gasteiger partial charge in [-0.05, 0) is 13.0 Å². The zero-order valence-electron chi connectivity index (χ0n) is 8.82. The van der Waals surface area contributed by atoms with E-state index in [1.54, 1.807) is 19.4 Å². The molecule has 6 nitrogen and oxygen atoms in total. The first kappa shape index (κ1) is 11.4. The van der Waals surface area contributed by atoms with Crippen molar-refractivity contribution in [2.24, 2.45) is 5.73 Å². The zero-order valence-corrected chi connectivity index (χ0v) is 8.82. The normalized spacial score (nSPS) is 12.1. The van der Waals surface area contributed by atoms with Gasteiger partial charge in [0, 0.05) is 19.9 Å². The van der Waals surface area contributed by atoms with E-state index in [9.17, 15) is 0 Å². The average molecular weight is 209 g/mol. The lowest BCUT2D eigenvalue weighted by Gasteiger charge is -2.10. The van der Waals surface area contributed by atoms with Crippen molar-refractivity contribution in [3.63, 3.8) is 0 Å². The van der Waals surface area contributed by atoms with Gasteiger partial charge in [-0.3, -0.25) is 5.41 Å². The first-order valence-electron chi connectivity index (χ1n) is 4.57. The predicted octanol–water partition coefficient (Wildman–Crippen LogP) is 0.207. The molecule has 82 valence electrons. The molecule has 15 heavy (non-hydrogen) atoms. The zero-order chi connectivity index (χ0) is 11.3. The number of ether oxygens (including phenoxy) is 1. The smallest absolute Gasteiger partial charge is 0.223 e. The van der Waals surface area contributed by atoms with Gasteiger partial charge in [0.1, 0.15) is 11.5 Å². The van der Waals surface area contributed by atoms with E-state index in [4.69, 9.17) is 15.9 Å². The number of rotatable bonds is 5. The van der Waals surface area contributed by atoms with Crippen molar-refractivity contribution in [3.05, 3.63) is 18.0 Å². The molecule has 6 heteroatoms. The summed E-state index contributed by atoms with van der Waals surface area (Å²) in [4.78, 5) is 8.05. The molecule has 0 radical (unpaired) electrons. The Bertz CT molecular complexity index is 341. The number of amidine groups is 1. The second kappa shape index (κ2) is 5.26. The number of anilines is 1. The van der Waals surface area contributed by atoms with Gasteiger partial charge < -0.3 is 15.8 Å². The Labute approximate surface area is 88.4 Å². The van der Waals surface area contributed by atoms with E-state index in [2.05, 4.69) is 15.3 Å². The van der Waals surface area contributed by atoms with E-state index in [1.807, 2.05) is 6.92 Å². The monoisotopic (exact) mass is 209 g/mol. The maximum absolute atomic E-state index is 7.22. The lowest BCUT2D eigenvalue weighted by Crippen LogP contribution is -2.20. The minimum Gasteiger partial charge on any atom is -0.382 e. The second-order valence-corrected chi connectivity index (χ2v) is 3.11. The third-order valence-electron chi connectivity index (χ3n) is 1.88. The van der Waals surface area contributed by atoms with Crippen LogP contribution in [0, 0.1) is 5.41 Å². The number of nitrogen functional groups attached to an aromatic ring is 1. The van der Waals surface area contributed by atoms with Gasteiger partial charge in [0.15, 0.2) is 0 Å². The van der Waals surface area contributed by atoms with Crippen molar-refractivity contribution < 1.29 is 4.74 Å². The number of hydrogen-bond donors (Lipinski definition) is 3. The Hall–Kier alpha value is -1.69. The lowest BCUT2D eigenvalue weighted by molar-refractivity contribution is 0.128. The number of nitrogens with one attached hydrogen (secondary N) is 2. The van der Waals surface area contributed by atoms with Crippen LogP contribution in [0.5, 0.6) is 0 Å². The number of hydrogen-bond acceptors (Lipinski definition) is 5. The van der Waals surface area contributed by atoms with Crippen LogP contribution in [0.25, 0.3) is 0 Å². The van der Waals surface area contributed by atoms with Gasteiger partial charge >= 0.3 is 0 Å². The van der Waals surface area contributed by atoms with Gasteiger partial charge in [-0.15, -0.1) is 0 Å². The molecular weight excluding hydrogens is 194 g/mol. The van der Waals surface area contributed by atoms with E-state index in [0.29, 0.717) is 18.2 Å². The fourth-order valence-electron chi connectivity index (χ4n) is 0.912. The summed E-state index contributed by atoms with van der Waals surface area (Å²) >= 11 is 0. The van der Waals surface area contributed by atoms with Gasteiger partial charge in [0.05, 0.1) is 6.10 Å². The maximum Gasteiger partial charge on any atom is 0.223 e. The molecule has 4 N–H and O–H groups in total. The fourth-order valence-corrected chi connectivity index (χ4v) is 0.912. The van der Waals surface area contributed by atoms with Crippen molar-refractivity contribution in [2.45, 2.75) is 13.0 Å². The molecule has 0 amide bonds. The molecule has 0 aliphatic heterocycles. The SMILES string of the molecule is COC(C)CNc1nccc(C(=N)N)n1. The maximum atomic E-state index is 7.22. The molecule has 0 aromatic carbocycles. The predicted molar refractivity (Wildman–Crippen MR) is 58.0 cm³/mol.